The summed E-state index contributed by atoms with van der Waals surface area (Å²) in [6.45, 7) is 5.16. The molecule has 3 N–H and O–H groups in total. The number of allylic oxidation sites excluding steroid dienone is 1. The minimum Gasteiger partial charge on any atom is -0.346 e. The van der Waals surface area contributed by atoms with E-state index in [0.29, 0.717) is 16.9 Å². The normalized spacial score (nSPS) is 13.9. The number of amidine groups is 1. The van der Waals surface area contributed by atoms with Crippen molar-refractivity contribution >= 4 is 58.0 Å². The molecular formula is C22H23Cl2F3N6O2S. The average molecular weight is 563 g/mol. The fraction of sp³-hybridized carbons (Fsp3) is 0.318. The summed E-state index contributed by atoms with van der Waals surface area (Å²) in [5.74, 6) is -1.19. The average Bonchev–Trinajstić information content (AvgIpc) is 3.32. The van der Waals surface area contributed by atoms with E-state index < -0.39 is 34.6 Å². The van der Waals surface area contributed by atoms with Crippen LogP contribution in [0.15, 0.2) is 46.3 Å². The minimum absolute atomic E-state index is 0.106. The summed E-state index contributed by atoms with van der Waals surface area (Å²) in [5.41, 5.74) is -0.906. The standard InChI is InChI=1S/C22H23Cl2F3N6O2S/c1-5-6-7-29-18(28-4)17(24)11(2)19(34)32-12(3)21-31-10-15(36-21)20(35)33-16-8-13(22(25,26)27)14(23)9-30-16/h6-10,12H,5H2,1-4H3,(H,28,29)(H,32,34)(H,30,33,35)/b7-6+,17-11-. The van der Waals surface area contributed by atoms with Crippen molar-refractivity contribution in [2.24, 2.45) is 4.99 Å². The largest absolute Gasteiger partial charge is 0.418 e. The van der Waals surface area contributed by atoms with Gasteiger partial charge in [0.1, 0.15) is 21.5 Å². The van der Waals surface area contributed by atoms with Crippen LogP contribution >= 0.6 is 34.5 Å². The first kappa shape index (κ1) is 29.3. The van der Waals surface area contributed by atoms with Crippen molar-refractivity contribution in [1.82, 2.24) is 20.6 Å². The van der Waals surface area contributed by atoms with E-state index in [0.717, 1.165) is 24.0 Å². The van der Waals surface area contributed by atoms with Gasteiger partial charge in [0.25, 0.3) is 5.91 Å². The summed E-state index contributed by atoms with van der Waals surface area (Å²) >= 11 is 12.8. The van der Waals surface area contributed by atoms with Crippen LogP contribution in [0, 0.1) is 0 Å². The second-order valence-electron chi connectivity index (χ2n) is 7.23. The molecule has 2 aromatic rings. The van der Waals surface area contributed by atoms with Gasteiger partial charge in [-0.2, -0.15) is 13.2 Å². The second kappa shape index (κ2) is 12.8. The van der Waals surface area contributed by atoms with Crippen LogP contribution in [-0.4, -0.2) is 34.7 Å². The Morgan fingerprint density at radius 3 is 2.58 bits per heavy atom. The molecule has 0 spiro atoms. The van der Waals surface area contributed by atoms with Gasteiger partial charge >= 0.3 is 6.18 Å². The lowest BCUT2D eigenvalue weighted by molar-refractivity contribution is -0.137. The van der Waals surface area contributed by atoms with Gasteiger partial charge in [0.05, 0.1) is 27.9 Å². The molecular weight excluding hydrogens is 540 g/mol. The van der Waals surface area contributed by atoms with Crippen molar-refractivity contribution in [3.63, 3.8) is 0 Å². The number of hydrogen-bond donors (Lipinski definition) is 3. The van der Waals surface area contributed by atoms with Crippen molar-refractivity contribution in [2.45, 2.75) is 39.4 Å². The summed E-state index contributed by atoms with van der Waals surface area (Å²) in [6.07, 6.45) is 1.69. The highest BCUT2D eigenvalue weighted by Crippen LogP contribution is 2.35. The maximum atomic E-state index is 13.0. The van der Waals surface area contributed by atoms with Crippen molar-refractivity contribution < 1.29 is 22.8 Å². The number of anilines is 1. The second-order valence-corrected chi connectivity index (χ2v) is 9.07. The molecule has 0 aromatic carbocycles. The number of halogens is 5. The Labute approximate surface area is 219 Å². The van der Waals surface area contributed by atoms with Crippen LogP contribution in [0.5, 0.6) is 0 Å². The Hall–Kier alpha value is -2.96. The SMILES string of the molecule is CC/C=C/NC(=NC)/C(Cl)=C(\C)C(=O)NC(C)c1ncc(C(=O)Nc2cc(C(F)(F)F)c(Cl)cn2)s1. The molecule has 36 heavy (non-hydrogen) atoms. The van der Waals surface area contributed by atoms with E-state index in [-0.39, 0.29) is 21.3 Å². The molecule has 1 atom stereocenters. The molecule has 2 amide bonds. The van der Waals surface area contributed by atoms with Crippen LogP contribution in [0.1, 0.15) is 53.5 Å². The summed E-state index contributed by atoms with van der Waals surface area (Å²) in [4.78, 5) is 37.2. The zero-order valence-corrected chi connectivity index (χ0v) is 22.0. The molecule has 0 saturated carbocycles. The number of thiazole rings is 1. The van der Waals surface area contributed by atoms with E-state index in [1.165, 1.54) is 20.2 Å². The van der Waals surface area contributed by atoms with Crippen molar-refractivity contribution in [2.75, 3.05) is 12.4 Å². The van der Waals surface area contributed by atoms with E-state index in [4.69, 9.17) is 23.2 Å². The number of amides is 2. The number of aromatic nitrogens is 2. The predicted octanol–water partition coefficient (Wildman–Crippen LogP) is 5.69. The lowest BCUT2D eigenvalue weighted by Crippen LogP contribution is -2.29. The van der Waals surface area contributed by atoms with E-state index in [9.17, 15) is 22.8 Å². The fourth-order valence-electron chi connectivity index (χ4n) is 2.62. The lowest BCUT2D eigenvalue weighted by atomic mass is 10.2. The molecule has 2 heterocycles. The number of carbonyl (C=O) groups excluding carboxylic acids is 2. The van der Waals surface area contributed by atoms with Crippen molar-refractivity contribution in [3.05, 3.63) is 61.8 Å². The third kappa shape index (κ3) is 7.77. The fourth-order valence-corrected chi connectivity index (χ4v) is 3.87. The molecule has 0 fully saturated rings. The number of hydrogen-bond acceptors (Lipinski definition) is 6. The Morgan fingerprint density at radius 2 is 1.97 bits per heavy atom. The van der Waals surface area contributed by atoms with Gasteiger partial charge < -0.3 is 16.0 Å². The summed E-state index contributed by atoms with van der Waals surface area (Å²) in [7, 11) is 1.53. The first-order valence-electron chi connectivity index (χ1n) is 10.4. The van der Waals surface area contributed by atoms with Gasteiger partial charge in [-0.3, -0.25) is 14.6 Å². The highest BCUT2D eigenvalue weighted by Gasteiger charge is 2.34. The third-order valence-electron chi connectivity index (χ3n) is 4.54. The van der Waals surface area contributed by atoms with Crippen LogP contribution in [0.3, 0.4) is 0 Å². The van der Waals surface area contributed by atoms with Crippen molar-refractivity contribution in [3.8, 4) is 0 Å². The van der Waals surface area contributed by atoms with Crippen LogP contribution in [0.4, 0.5) is 19.0 Å². The van der Waals surface area contributed by atoms with Crippen LogP contribution < -0.4 is 16.0 Å². The maximum Gasteiger partial charge on any atom is 0.418 e. The van der Waals surface area contributed by atoms with Crippen LogP contribution in [-0.2, 0) is 11.0 Å². The quantitative estimate of drug-likeness (QED) is 0.217. The van der Waals surface area contributed by atoms with Crippen LogP contribution in [0.2, 0.25) is 5.02 Å². The van der Waals surface area contributed by atoms with Gasteiger partial charge in [0, 0.05) is 18.8 Å². The molecule has 0 aliphatic heterocycles. The molecule has 0 aliphatic carbocycles. The number of rotatable bonds is 8. The monoisotopic (exact) mass is 562 g/mol. The molecule has 0 radical (unpaired) electrons. The summed E-state index contributed by atoms with van der Waals surface area (Å²) in [6, 6.07) is 0.0499. The number of nitrogens with zero attached hydrogens (tertiary/aromatic N) is 3. The first-order valence-corrected chi connectivity index (χ1v) is 12.0. The molecule has 14 heteroatoms. The smallest absolute Gasteiger partial charge is 0.346 e. The molecule has 0 bridgehead atoms. The Kier molecular flexibility index (Phi) is 10.4. The van der Waals surface area contributed by atoms with Crippen LogP contribution in [0.25, 0.3) is 0 Å². The number of nitrogens with one attached hydrogen (secondary N) is 3. The van der Waals surface area contributed by atoms with Crippen molar-refractivity contribution in [1.29, 1.82) is 0 Å². The summed E-state index contributed by atoms with van der Waals surface area (Å²) in [5, 5.41) is 7.88. The molecule has 1 unspecified atom stereocenters. The highest BCUT2D eigenvalue weighted by molar-refractivity contribution is 7.13. The van der Waals surface area contributed by atoms with Gasteiger partial charge in [0.15, 0.2) is 0 Å². The van der Waals surface area contributed by atoms with Gasteiger partial charge in [-0.15, -0.1) is 11.3 Å². The molecule has 0 saturated heterocycles. The highest BCUT2D eigenvalue weighted by atomic mass is 35.5. The topological polar surface area (TPSA) is 108 Å². The lowest BCUT2D eigenvalue weighted by Gasteiger charge is -2.13. The summed E-state index contributed by atoms with van der Waals surface area (Å²) < 4.78 is 39.1. The zero-order valence-electron chi connectivity index (χ0n) is 19.6. The number of aliphatic imine (C=N–C) groups is 1. The molecule has 2 aromatic heterocycles. The molecule has 8 nitrogen and oxygen atoms in total. The Bertz CT molecular complexity index is 1210. The Morgan fingerprint density at radius 1 is 1.28 bits per heavy atom. The van der Waals surface area contributed by atoms with E-state index in [1.54, 1.807) is 13.1 Å². The van der Waals surface area contributed by atoms with Gasteiger partial charge in [0.2, 0.25) is 5.91 Å². The van der Waals surface area contributed by atoms with Gasteiger partial charge in [-0.05, 0) is 32.5 Å². The maximum absolute atomic E-state index is 13.0. The molecule has 0 aliphatic rings. The molecule has 194 valence electrons. The van der Waals surface area contributed by atoms with E-state index >= 15 is 0 Å². The first-order chi connectivity index (χ1) is 16.9. The number of carbonyl (C=O) groups is 2. The molecule has 2 rings (SSSR count). The van der Waals surface area contributed by atoms with E-state index in [1.807, 2.05) is 13.0 Å². The van der Waals surface area contributed by atoms with Gasteiger partial charge in [-0.25, -0.2) is 9.97 Å². The number of pyridine rings is 1. The zero-order chi connectivity index (χ0) is 27.0. The predicted molar refractivity (Wildman–Crippen MR) is 135 cm³/mol. The third-order valence-corrected chi connectivity index (χ3v) is 6.49. The number of alkyl halides is 3. The Balaban J connectivity index is 2.10. The minimum atomic E-state index is -4.70. The van der Waals surface area contributed by atoms with Gasteiger partial charge in [-0.1, -0.05) is 36.2 Å². The van der Waals surface area contributed by atoms with E-state index in [2.05, 4.69) is 30.9 Å².